The van der Waals surface area contributed by atoms with E-state index < -0.39 is 0 Å². The Labute approximate surface area is 182 Å². The molecule has 30 heavy (non-hydrogen) atoms. The number of thiazole rings is 1. The molecule has 0 atom stereocenters. The highest BCUT2D eigenvalue weighted by molar-refractivity contribution is 7.99. The molecule has 0 spiro atoms. The molecule has 0 radical (unpaired) electrons. The van der Waals surface area contributed by atoms with Crippen molar-refractivity contribution in [3.63, 3.8) is 0 Å². The van der Waals surface area contributed by atoms with Crippen molar-refractivity contribution >= 4 is 44.9 Å². The number of phenolic OH excluding ortho intramolecular Hbond substituents is 1. The van der Waals surface area contributed by atoms with Crippen molar-refractivity contribution in [3.05, 3.63) is 66.7 Å². The summed E-state index contributed by atoms with van der Waals surface area (Å²) >= 11 is 3.13. The monoisotopic (exact) mass is 436 g/mol. The lowest BCUT2D eigenvalue weighted by Crippen LogP contribution is -2.12. The van der Waals surface area contributed by atoms with Crippen molar-refractivity contribution in [3.8, 4) is 22.1 Å². The van der Waals surface area contributed by atoms with Crippen LogP contribution in [-0.2, 0) is 4.79 Å². The number of aromatic hydroxyl groups is 1. The first kappa shape index (κ1) is 20.3. The molecule has 1 aromatic heterocycles. The molecule has 5 nitrogen and oxygen atoms in total. The van der Waals surface area contributed by atoms with E-state index in [1.807, 2.05) is 48.5 Å². The van der Waals surface area contributed by atoms with Crippen molar-refractivity contribution in [1.29, 1.82) is 0 Å². The van der Waals surface area contributed by atoms with Gasteiger partial charge in [-0.3, -0.25) is 4.79 Å². The van der Waals surface area contributed by atoms with Crippen molar-refractivity contribution in [2.24, 2.45) is 0 Å². The first-order valence-electron chi connectivity index (χ1n) is 9.38. The Morgan fingerprint density at radius 1 is 1.13 bits per heavy atom. The number of carbonyl (C=O) groups is 1. The summed E-state index contributed by atoms with van der Waals surface area (Å²) in [5.74, 6) is 1.55. The summed E-state index contributed by atoms with van der Waals surface area (Å²) in [4.78, 5) is 18.0. The second-order valence-electron chi connectivity index (χ2n) is 6.54. The number of anilines is 1. The number of benzene rings is 3. The Morgan fingerprint density at radius 3 is 2.70 bits per heavy atom. The number of fused-ring (bicyclic) bond motifs is 1. The Kier molecular flexibility index (Phi) is 6.21. The molecule has 1 amide bonds. The maximum atomic E-state index is 12.4. The molecule has 0 bridgehead atoms. The standard InChI is InChI=1S/C23H20N2O3S2/c1-28-16-7-9-17(10-8-16)29-13-12-22(27)24-15-6-11-20(26)18(14-15)23-25-19-4-2-3-5-21(19)30-23/h2-11,14,26H,12-13H2,1H3,(H,24,27). The van der Waals surface area contributed by atoms with E-state index in [1.165, 1.54) is 11.3 Å². The van der Waals surface area contributed by atoms with Crippen molar-refractivity contribution in [1.82, 2.24) is 4.98 Å². The zero-order valence-electron chi connectivity index (χ0n) is 16.3. The number of ether oxygens (including phenoxy) is 1. The van der Waals surface area contributed by atoms with Crippen LogP contribution in [0.3, 0.4) is 0 Å². The molecule has 7 heteroatoms. The van der Waals surface area contributed by atoms with Crippen molar-refractivity contribution in [2.75, 3.05) is 18.2 Å². The van der Waals surface area contributed by atoms with Gasteiger partial charge in [0.05, 0.1) is 22.9 Å². The molecule has 1 heterocycles. The highest BCUT2D eigenvalue weighted by Gasteiger charge is 2.12. The number of nitrogens with one attached hydrogen (secondary N) is 1. The third kappa shape index (κ3) is 4.75. The first-order valence-corrected chi connectivity index (χ1v) is 11.2. The maximum absolute atomic E-state index is 12.4. The van der Waals surface area contributed by atoms with Gasteiger partial charge < -0.3 is 15.2 Å². The number of methoxy groups -OCH3 is 1. The van der Waals surface area contributed by atoms with Crippen LogP contribution in [0, 0.1) is 0 Å². The van der Waals surface area contributed by atoms with Crippen molar-refractivity contribution in [2.45, 2.75) is 11.3 Å². The zero-order valence-corrected chi connectivity index (χ0v) is 17.9. The quantitative estimate of drug-likeness (QED) is 0.283. The summed E-state index contributed by atoms with van der Waals surface area (Å²) in [7, 11) is 1.64. The summed E-state index contributed by atoms with van der Waals surface area (Å²) in [6, 6.07) is 20.7. The minimum atomic E-state index is -0.0723. The highest BCUT2D eigenvalue weighted by atomic mass is 32.2. The molecule has 4 aromatic rings. The van der Waals surface area contributed by atoms with E-state index in [4.69, 9.17) is 4.74 Å². The van der Waals surface area contributed by atoms with Crippen LogP contribution in [0.4, 0.5) is 5.69 Å². The Morgan fingerprint density at radius 2 is 1.93 bits per heavy atom. The lowest BCUT2D eigenvalue weighted by Gasteiger charge is -2.08. The van der Waals surface area contributed by atoms with Gasteiger partial charge in [-0.15, -0.1) is 23.1 Å². The number of phenols is 1. The fourth-order valence-corrected chi connectivity index (χ4v) is 4.77. The van der Waals surface area contributed by atoms with E-state index in [9.17, 15) is 9.90 Å². The molecule has 0 saturated carbocycles. The van der Waals surface area contributed by atoms with Gasteiger partial charge in [0, 0.05) is 22.8 Å². The van der Waals surface area contributed by atoms with Gasteiger partial charge >= 0.3 is 0 Å². The van der Waals surface area contributed by atoms with Gasteiger partial charge in [0.15, 0.2) is 0 Å². The van der Waals surface area contributed by atoms with Crippen LogP contribution in [0.15, 0.2) is 71.6 Å². The van der Waals surface area contributed by atoms with E-state index in [-0.39, 0.29) is 11.7 Å². The molecular formula is C23H20N2O3S2. The summed E-state index contributed by atoms with van der Waals surface area (Å²) in [5, 5.41) is 13.9. The number of nitrogens with zero attached hydrogens (tertiary/aromatic N) is 1. The number of rotatable bonds is 7. The smallest absolute Gasteiger partial charge is 0.225 e. The average Bonchev–Trinajstić information content (AvgIpc) is 3.19. The molecule has 0 unspecified atom stereocenters. The summed E-state index contributed by atoms with van der Waals surface area (Å²) in [6.07, 6.45) is 0.383. The Bertz CT molecular complexity index is 1140. The number of amides is 1. The fraction of sp³-hybridized carbons (Fsp3) is 0.130. The summed E-state index contributed by atoms with van der Waals surface area (Å²) in [6.45, 7) is 0. The SMILES string of the molecule is COc1ccc(SCCC(=O)Nc2ccc(O)c(-c3nc4ccccc4s3)c2)cc1. The normalized spacial score (nSPS) is 10.8. The molecular weight excluding hydrogens is 416 g/mol. The van der Waals surface area contributed by atoms with Gasteiger partial charge in [-0.25, -0.2) is 4.98 Å². The molecule has 0 aliphatic heterocycles. The second kappa shape index (κ2) is 9.19. The van der Waals surface area contributed by atoms with Gasteiger partial charge in [0.25, 0.3) is 0 Å². The topological polar surface area (TPSA) is 71.5 Å². The van der Waals surface area contributed by atoms with Gasteiger partial charge in [0.2, 0.25) is 5.91 Å². The molecule has 0 aliphatic rings. The predicted molar refractivity (Wildman–Crippen MR) is 124 cm³/mol. The average molecular weight is 437 g/mol. The highest BCUT2D eigenvalue weighted by Crippen LogP contribution is 2.36. The minimum Gasteiger partial charge on any atom is -0.507 e. The number of hydrogen-bond acceptors (Lipinski definition) is 6. The lowest BCUT2D eigenvalue weighted by molar-refractivity contribution is -0.115. The molecule has 152 valence electrons. The van der Waals surface area contributed by atoms with Crippen LogP contribution in [0.1, 0.15) is 6.42 Å². The van der Waals surface area contributed by atoms with Crippen LogP contribution in [0.2, 0.25) is 0 Å². The van der Waals surface area contributed by atoms with Gasteiger partial charge in [-0.05, 0) is 54.6 Å². The molecule has 3 aromatic carbocycles. The third-order valence-electron chi connectivity index (χ3n) is 4.46. The number of para-hydroxylation sites is 1. The van der Waals surface area contributed by atoms with Gasteiger partial charge in [-0.1, -0.05) is 12.1 Å². The predicted octanol–water partition coefficient (Wildman–Crippen LogP) is 5.80. The van der Waals surface area contributed by atoms with E-state index in [0.717, 1.165) is 25.9 Å². The van der Waals surface area contributed by atoms with Crippen LogP contribution < -0.4 is 10.1 Å². The van der Waals surface area contributed by atoms with E-state index in [0.29, 0.717) is 23.4 Å². The number of aromatic nitrogens is 1. The van der Waals surface area contributed by atoms with E-state index in [2.05, 4.69) is 10.3 Å². The number of carbonyl (C=O) groups excluding carboxylic acids is 1. The van der Waals surface area contributed by atoms with Crippen LogP contribution in [0.5, 0.6) is 11.5 Å². The van der Waals surface area contributed by atoms with Gasteiger partial charge in [-0.2, -0.15) is 0 Å². The number of thioether (sulfide) groups is 1. The summed E-state index contributed by atoms with van der Waals surface area (Å²) in [5.41, 5.74) is 2.14. The maximum Gasteiger partial charge on any atom is 0.225 e. The Hall–Kier alpha value is -3.03. The molecule has 0 saturated heterocycles. The van der Waals surface area contributed by atoms with E-state index in [1.54, 1.807) is 37.1 Å². The summed E-state index contributed by atoms with van der Waals surface area (Å²) < 4.78 is 6.20. The van der Waals surface area contributed by atoms with Crippen LogP contribution in [0.25, 0.3) is 20.8 Å². The van der Waals surface area contributed by atoms with Crippen LogP contribution >= 0.6 is 23.1 Å². The third-order valence-corrected chi connectivity index (χ3v) is 6.55. The Balaban J connectivity index is 1.39. The largest absolute Gasteiger partial charge is 0.507 e. The first-order chi connectivity index (χ1) is 14.6. The zero-order chi connectivity index (χ0) is 20.9. The minimum absolute atomic E-state index is 0.0723. The molecule has 0 fully saturated rings. The van der Waals surface area contributed by atoms with E-state index >= 15 is 0 Å². The fourth-order valence-electron chi connectivity index (χ4n) is 2.93. The second-order valence-corrected chi connectivity index (χ2v) is 8.74. The lowest BCUT2D eigenvalue weighted by atomic mass is 10.2. The van der Waals surface area contributed by atoms with Crippen molar-refractivity contribution < 1.29 is 14.6 Å². The number of hydrogen-bond donors (Lipinski definition) is 2. The van der Waals surface area contributed by atoms with Gasteiger partial charge in [0.1, 0.15) is 16.5 Å². The molecule has 4 rings (SSSR count). The molecule has 2 N–H and O–H groups in total. The van der Waals surface area contributed by atoms with Crippen LogP contribution in [-0.4, -0.2) is 28.9 Å². The molecule has 0 aliphatic carbocycles.